The van der Waals surface area contributed by atoms with Crippen LogP contribution < -0.4 is 10.1 Å². The number of ether oxygens (including phenoxy) is 3. The number of nitrogens with one attached hydrogen (secondary N) is 1. The maximum atomic E-state index is 12.3. The number of amides is 1. The minimum Gasteiger partial charge on any atom is -0.497 e. The Morgan fingerprint density at radius 2 is 1.69 bits per heavy atom. The quantitative estimate of drug-likeness (QED) is 0.566. The molecule has 0 atom stereocenters. The number of esters is 1. The van der Waals surface area contributed by atoms with Crippen molar-refractivity contribution >= 4 is 28.9 Å². The summed E-state index contributed by atoms with van der Waals surface area (Å²) in [6, 6.07) is 13.9. The van der Waals surface area contributed by atoms with Gasteiger partial charge in [0.15, 0.2) is 5.01 Å². The van der Waals surface area contributed by atoms with Crippen molar-refractivity contribution in [1.29, 1.82) is 0 Å². The molecule has 1 amide bonds. The summed E-state index contributed by atoms with van der Waals surface area (Å²) in [5.41, 5.74) is 1.99. The molecule has 2 aromatic carbocycles. The SMILES string of the molecule is COCc1ccc(C(=O)OCc2nnc(C(=O)Nc3ccc(OC)cc3)s2)cc1. The molecule has 0 saturated carbocycles. The van der Waals surface area contributed by atoms with Crippen molar-refractivity contribution in [3.8, 4) is 5.75 Å². The van der Waals surface area contributed by atoms with E-state index in [1.807, 2.05) is 0 Å². The monoisotopic (exact) mass is 413 g/mol. The second-order valence-electron chi connectivity index (χ2n) is 5.89. The van der Waals surface area contributed by atoms with Crippen LogP contribution in [0.1, 0.15) is 30.7 Å². The molecular weight excluding hydrogens is 394 g/mol. The Hall–Kier alpha value is -3.30. The second-order valence-corrected chi connectivity index (χ2v) is 6.95. The molecule has 0 aliphatic rings. The highest BCUT2D eigenvalue weighted by atomic mass is 32.1. The molecule has 0 bridgehead atoms. The van der Waals surface area contributed by atoms with Crippen molar-refractivity contribution in [3.05, 3.63) is 69.7 Å². The van der Waals surface area contributed by atoms with E-state index >= 15 is 0 Å². The second kappa shape index (κ2) is 9.76. The molecule has 0 radical (unpaired) electrons. The zero-order valence-electron chi connectivity index (χ0n) is 15.9. The Balaban J connectivity index is 1.53. The van der Waals surface area contributed by atoms with Crippen molar-refractivity contribution in [2.75, 3.05) is 19.5 Å². The lowest BCUT2D eigenvalue weighted by Crippen LogP contribution is -2.11. The van der Waals surface area contributed by atoms with E-state index in [2.05, 4.69) is 15.5 Å². The number of hydrogen-bond acceptors (Lipinski definition) is 8. The van der Waals surface area contributed by atoms with Crippen LogP contribution in [0.2, 0.25) is 0 Å². The van der Waals surface area contributed by atoms with E-state index in [0.29, 0.717) is 28.6 Å². The highest BCUT2D eigenvalue weighted by Crippen LogP contribution is 2.18. The molecule has 0 fully saturated rings. The standard InChI is InChI=1S/C20H19N3O5S/c1-26-11-13-3-5-14(6-4-13)20(25)28-12-17-22-23-19(29-17)18(24)21-15-7-9-16(27-2)10-8-15/h3-10H,11-12H2,1-2H3,(H,21,24). The van der Waals surface area contributed by atoms with Gasteiger partial charge in [-0.15, -0.1) is 10.2 Å². The third-order valence-electron chi connectivity index (χ3n) is 3.84. The molecule has 0 aliphatic carbocycles. The molecule has 29 heavy (non-hydrogen) atoms. The predicted molar refractivity (Wildman–Crippen MR) is 107 cm³/mol. The molecule has 1 N–H and O–H groups in total. The fourth-order valence-corrected chi connectivity index (χ4v) is 3.03. The number of nitrogens with zero attached hydrogens (tertiary/aromatic N) is 2. The van der Waals surface area contributed by atoms with E-state index in [-0.39, 0.29) is 17.5 Å². The summed E-state index contributed by atoms with van der Waals surface area (Å²) < 4.78 is 15.4. The average molecular weight is 413 g/mol. The van der Waals surface area contributed by atoms with Crippen LogP contribution in [0, 0.1) is 0 Å². The van der Waals surface area contributed by atoms with Crippen LogP contribution in [0.15, 0.2) is 48.5 Å². The van der Waals surface area contributed by atoms with E-state index in [1.54, 1.807) is 62.8 Å². The number of methoxy groups -OCH3 is 2. The first-order chi connectivity index (χ1) is 14.1. The van der Waals surface area contributed by atoms with Crippen LogP contribution in [0.3, 0.4) is 0 Å². The van der Waals surface area contributed by atoms with Gasteiger partial charge < -0.3 is 19.5 Å². The van der Waals surface area contributed by atoms with Crippen LogP contribution in [0.25, 0.3) is 0 Å². The van der Waals surface area contributed by atoms with Gasteiger partial charge in [-0.3, -0.25) is 4.79 Å². The molecule has 8 nitrogen and oxygen atoms in total. The van der Waals surface area contributed by atoms with Gasteiger partial charge in [-0.05, 0) is 42.0 Å². The summed E-state index contributed by atoms with van der Waals surface area (Å²) in [7, 11) is 3.18. The van der Waals surface area contributed by atoms with Crippen molar-refractivity contribution < 1.29 is 23.8 Å². The number of hydrogen-bond donors (Lipinski definition) is 1. The van der Waals surface area contributed by atoms with Crippen LogP contribution >= 0.6 is 11.3 Å². The van der Waals surface area contributed by atoms with Crippen LogP contribution in [0.4, 0.5) is 5.69 Å². The first kappa shape index (κ1) is 20.4. The van der Waals surface area contributed by atoms with E-state index in [1.165, 1.54) is 0 Å². The van der Waals surface area contributed by atoms with Gasteiger partial charge in [0.1, 0.15) is 12.4 Å². The average Bonchev–Trinajstić information content (AvgIpc) is 3.23. The third-order valence-corrected chi connectivity index (χ3v) is 4.73. The molecule has 150 valence electrons. The van der Waals surface area contributed by atoms with Gasteiger partial charge in [-0.25, -0.2) is 4.79 Å². The number of rotatable bonds is 8. The third kappa shape index (κ3) is 5.59. The molecule has 0 saturated heterocycles. The molecular formula is C20H19N3O5S. The minimum atomic E-state index is -0.478. The lowest BCUT2D eigenvalue weighted by molar-refractivity contribution is 0.0471. The summed E-state index contributed by atoms with van der Waals surface area (Å²) in [4.78, 5) is 24.4. The molecule has 9 heteroatoms. The van der Waals surface area contributed by atoms with E-state index in [9.17, 15) is 9.59 Å². The Labute approximate surface area is 171 Å². The zero-order valence-corrected chi connectivity index (χ0v) is 16.7. The van der Waals surface area contributed by atoms with Gasteiger partial charge in [-0.1, -0.05) is 23.5 Å². The van der Waals surface area contributed by atoms with Crippen molar-refractivity contribution in [1.82, 2.24) is 10.2 Å². The molecule has 1 aromatic heterocycles. The Bertz CT molecular complexity index is 971. The summed E-state index contributed by atoms with van der Waals surface area (Å²) in [5, 5.41) is 11.1. The van der Waals surface area contributed by atoms with E-state index < -0.39 is 5.97 Å². The smallest absolute Gasteiger partial charge is 0.338 e. The predicted octanol–water partition coefficient (Wildman–Crippen LogP) is 3.30. The Morgan fingerprint density at radius 1 is 0.966 bits per heavy atom. The summed E-state index contributed by atoms with van der Waals surface area (Å²) in [5.74, 6) is -0.177. The molecule has 3 aromatic rings. The lowest BCUT2D eigenvalue weighted by atomic mass is 10.1. The maximum absolute atomic E-state index is 12.3. The Kier molecular flexibility index (Phi) is 6.88. The molecule has 0 unspecified atom stereocenters. The van der Waals surface area contributed by atoms with Gasteiger partial charge in [0.2, 0.25) is 5.01 Å². The molecule has 1 heterocycles. The maximum Gasteiger partial charge on any atom is 0.338 e. The fourth-order valence-electron chi connectivity index (χ4n) is 2.38. The van der Waals surface area contributed by atoms with Crippen LogP contribution in [-0.4, -0.2) is 36.3 Å². The summed E-state index contributed by atoms with van der Waals surface area (Å²) in [6.07, 6.45) is 0. The number of aromatic nitrogens is 2. The molecule has 0 aliphatic heterocycles. The van der Waals surface area contributed by atoms with Crippen LogP contribution in [0.5, 0.6) is 5.75 Å². The highest BCUT2D eigenvalue weighted by Gasteiger charge is 2.15. The summed E-state index contributed by atoms with van der Waals surface area (Å²) >= 11 is 1.06. The number of benzene rings is 2. The van der Waals surface area contributed by atoms with Gasteiger partial charge in [0, 0.05) is 12.8 Å². The summed E-state index contributed by atoms with van der Waals surface area (Å²) in [6.45, 7) is 0.410. The van der Waals surface area contributed by atoms with E-state index in [4.69, 9.17) is 14.2 Å². The first-order valence-electron chi connectivity index (χ1n) is 8.62. The normalized spacial score (nSPS) is 10.4. The zero-order chi connectivity index (χ0) is 20.6. The highest BCUT2D eigenvalue weighted by molar-refractivity contribution is 7.13. The number of carbonyl (C=O) groups is 2. The van der Waals surface area contributed by atoms with Crippen molar-refractivity contribution in [2.45, 2.75) is 13.2 Å². The largest absolute Gasteiger partial charge is 0.497 e. The van der Waals surface area contributed by atoms with E-state index in [0.717, 1.165) is 16.9 Å². The number of anilines is 1. The fraction of sp³-hybridized carbons (Fsp3) is 0.200. The number of carbonyl (C=O) groups excluding carboxylic acids is 2. The van der Waals surface area contributed by atoms with Crippen molar-refractivity contribution in [2.24, 2.45) is 0 Å². The molecule has 3 rings (SSSR count). The van der Waals surface area contributed by atoms with Gasteiger partial charge in [0.05, 0.1) is 19.3 Å². The minimum absolute atomic E-state index is 0.0634. The lowest BCUT2D eigenvalue weighted by Gasteiger charge is -2.04. The molecule has 0 spiro atoms. The van der Waals surface area contributed by atoms with Crippen LogP contribution in [-0.2, 0) is 22.7 Å². The van der Waals surface area contributed by atoms with Gasteiger partial charge in [0.25, 0.3) is 5.91 Å². The van der Waals surface area contributed by atoms with Crippen molar-refractivity contribution in [3.63, 3.8) is 0 Å². The topological polar surface area (TPSA) is 99.6 Å². The Morgan fingerprint density at radius 3 is 2.34 bits per heavy atom. The first-order valence-corrected chi connectivity index (χ1v) is 9.43. The van der Waals surface area contributed by atoms with Gasteiger partial charge in [-0.2, -0.15) is 0 Å². The van der Waals surface area contributed by atoms with Gasteiger partial charge >= 0.3 is 5.97 Å².